The minimum absolute atomic E-state index is 0.125. The topological polar surface area (TPSA) is 44.5 Å². The van der Waals surface area contributed by atoms with Gasteiger partial charge in [-0.25, -0.2) is 0 Å². The Morgan fingerprint density at radius 2 is 1.89 bits per heavy atom. The van der Waals surface area contributed by atoms with Gasteiger partial charge in [-0.15, -0.1) is 0 Å². The molecule has 0 bridgehead atoms. The van der Waals surface area contributed by atoms with Crippen LogP contribution in [0.5, 0.6) is 0 Å². The Morgan fingerprint density at radius 1 is 1.22 bits per heavy atom. The summed E-state index contributed by atoms with van der Waals surface area (Å²) < 4.78 is 11.1. The molecule has 2 N–H and O–H groups in total. The van der Waals surface area contributed by atoms with Gasteiger partial charge in [-0.05, 0) is 26.3 Å². The van der Waals surface area contributed by atoms with Gasteiger partial charge in [-0.1, -0.05) is 36.5 Å². The Hall–Kier alpha value is -0.970. The molecule has 0 aliphatic carbocycles. The molecule has 0 radical (unpaired) electrons. The van der Waals surface area contributed by atoms with E-state index in [1.165, 1.54) is 0 Å². The predicted octanol–water partition coefficient (Wildman–Crippen LogP) is 2.65. The van der Waals surface area contributed by atoms with Crippen LogP contribution in [0.3, 0.4) is 0 Å². The normalized spacial score (nSPS) is 11.5. The largest absolute Gasteiger partial charge is 0.389 e. The maximum atomic E-state index is 5.65. The first kappa shape index (κ1) is 15.1. The lowest BCUT2D eigenvalue weighted by Gasteiger charge is -2.19. The molecule has 3 nitrogen and oxygen atoms in total. The molecule has 0 amide bonds. The van der Waals surface area contributed by atoms with E-state index < -0.39 is 0 Å². The Kier molecular flexibility index (Phi) is 5.72. The second-order valence-corrected chi connectivity index (χ2v) is 5.47. The zero-order valence-electron chi connectivity index (χ0n) is 11.2. The van der Waals surface area contributed by atoms with Gasteiger partial charge in [0.25, 0.3) is 0 Å². The molecule has 0 aliphatic heterocycles. The van der Waals surface area contributed by atoms with Gasteiger partial charge in [0.1, 0.15) is 4.99 Å². The summed E-state index contributed by atoms with van der Waals surface area (Å²) in [5.74, 6) is 0. The fourth-order valence-corrected chi connectivity index (χ4v) is 1.67. The summed E-state index contributed by atoms with van der Waals surface area (Å²) in [7, 11) is 0. The van der Waals surface area contributed by atoms with Crippen molar-refractivity contribution < 1.29 is 9.47 Å². The van der Waals surface area contributed by atoms with E-state index >= 15 is 0 Å². The average molecular weight is 267 g/mol. The molecule has 0 heterocycles. The molecule has 0 aromatic heterocycles. The molecule has 0 spiro atoms. The smallest absolute Gasteiger partial charge is 0.104 e. The highest BCUT2D eigenvalue weighted by Gasteiger charge is 2.09. The van der Waals surface area contributed by atoms with Gasteiger partial charge in [0.2, 0.25) is 0 Å². The van der Waals surface area contributed by atoms with E-state index in [1.54, 1.807) is 0 Å². The summed E-state index contributed by atoms with van der Waals surface area (Å²) in [5, 5.41) is 0. The fourth-order valence-electron chi connectivity index (χ4n) is 1.48. The maximum absolute atomic E-state index is 5.65. The van der Waals surface area contributed by atoms with E-state index in [1.807, 2.05) is 45.0 Å². The standard InChI is InChI=1S/C14H21NO2S/c1-14(2,3)17-9-8-16-10-11-6-4-5-7-12(11)13(15)18/h4-7H,8-10H2,1-3H3,(H2,15,18). The zero-order valence-corrected chi connectivity index (χ0v) is 12.0. The number of hydrogen-bond acceptors (Lipinski definition) is 3. The number of rotatable bonds is 6. The van der Waals surface area contributed by atoms with Gasteiger partial charge in [0.15, 0.2) is 0 Å². The van der Waals surface area contributed by atoms with Crippen molar-refractivity contribution in [2.75, 3.05) is 13.2 Å². The van der Waals surface area contributed by atoms with Gasteiger partial charge in [-0.3, -0.25) is 0 Å². The van der Waals surface area contributed by atoms with Crippen LogP contribution in [0.2, 0.25) is 0 Å². The van der Waals surface area contributed by atoms with Crippen LogP contribution >= 0.6 is 12.2 Å². The molecule has 0 atom stereocenters. The lowest BCUT2D eigenvalue weighted by Crippen LogP contribution is -2.22. The van der Waals surface area contributed by atoms with Crippen LogP contribution < -0.4 is 5.73 Å². The quantitative estimate of drug-likeness (QED) is 0.636. The lowest BCUT2D eigenvalue weighted by molar-refractivity contribution is -0.0376. The summed E-state index contributed by atoms with van der Waals surface area (Å²) in [6, 6.07) is 7.75. The number of nitrogens with two attached hydrogens (primary N) is 1. The first-order valence-corrected chi connectivity index (χ1v) is 6.40. The van der Waals surface area contributed by atoms with Crippen molar-refractivity contribution in [3.8, 4) is 0 Å². The number of benzene rings is 1. The molecular formula is C14H21NO2S. The van der Waals surface area contributed by atoms with Gasteiger partial charge < -0.3 is 15.2 Å². The van der Waals surface area contributed by atoms with Crippen LogP contribution in [-0.2, 0) is 16.1 Å². The number of hydrogen-bond donors (Lipinski definition) is 1. The SMILES string of the molecule is CC(C)(C)OCCOCc1ccccc1C(N)=S. The van der Waals surface area contributed by atoms with E-state index in [2.05, 4.69) is 0 Å². The molecule has 4 heteroatoms. The van der Waals surface area contributed by atoms with Crippen molar-refractivity contribution >= 4 is 17.2 Å². The van der Waals surface area contributed by atoms with E-state index in [0.29, 0.717) is 24.8 Å². The molecular weight excluding hydrogens is 246 g/mol. The average Bonchev–Trinajstić information content (AvgIpc) is 2.27. The summed E-state index contributed by atoms with van der Waals surface area (Å²) in [6.07, 6.45) is 0. The highest BCUT2D eigenvalue weighted by molar-refractivity contribution is 7.80. The van der Waals surface area contributed by atoms with E-state index in [4.69, 9.17) is 27.4 Å². The second-order valence-electron chi connectivity index (χ2n) is 5.03. The molecule has 100 valence electrons. The van der Waals surface area contributed by atoms with Crippen LogP contribution in [0.15, 0.2) is 24.3 Å². The molecule has 0 unspecified atom stereocenters. The van der Waals surface area contributed by atoms with Crippen LogP contribution in [0.1, 0.15) is 31.9 Å². The lowest BCUT2D eigenvalue weighted by atomic mass is 10.1. The zero-order chi connectivity index (χ0) is 13.6. The fraction of sp³-hybridized carbons (Fsp3) is 0.500. The molecule has 0 fully saturated rings. The molecule has 18 heavy (non-hydrogen) atoms. The molecule has 1 aromatic carbocycles. The van der Waals surface area contributed by atoms with Crippen molar-refractivity contribution in [1.29, 1.82) is 0 Å². The summed E-state index contributed by atoms with van der Waals surface area (Å²) >= 11 is 5.00. The van der Waals surface area contributed by atoms with Gasteiger partial charge in [0, 0.05) is 5.56 Å². The van der Waals surface area contributed by atoms with Gasteiger partial charge >= 0.3 is 0 Å². The van der Waals surface area contributed by atoms with E-state index in [0.717, 1.165) is 11.1 Å². The Balaban J connectivity index is 2.38. The number of thiocarbonyl (C=S) groups is 1. The second kappa shape index (κ2) is 6.83. The van der Waals surface area contributed by atoms with Crippen molar-refractivity contribution in [3.63, 3.8) is 0 Å². The Morgan fingerprint density at radius 3 is 2.50 bits per heavy atom. The molecule has 0 saturated carbocycles. The van der Waals surface area contributed by atoms with Gasteiger partial charge in [-0.2, -0.15) is 0 Å². The van der Waals surface area contributed by atoms with Crippen molar-refractivity contribution in [1.82, 2.24) is 0 Å². The summed E-state index contributed by atoms with van der Waals surface area (Å²) in [5.41, 5.74) is 7.42. The summed E-state index contributed by atoms with van der Waals surface area (Å²) in [6.45, 7) is 7.71. The third-order valence-electron chi connectivity index (χ3n) is 2.30. The highest BCUT2D eigenvalue weighted by Crippen LogP contribution is 2.10. The third-order valence-corrected chi connectivity index (χ3v) is 2.52. The minimum Gasteiger partial charge on any atom is -0.389 e. The summed E-state index contributed by atoms with van der Waals surface area (Å²) in [4.78, 5) is 0.403. The van der Waals surface area contributed by atoms with E-state index in [9.17, 15) is 0 Å². The van der Waals surface area contributed by atoms with Crippen LogP contribution in [0, 0.1) is 0 Å². The van der Waals surface area contributed by atoms with Crippen LogP contribution in [0.4, 0.5) is 0 Å². The van der Waals surface area contributed by atoms with Gasteiger partial charge in [0.05, 0.1) is 25.4 Å². The van der Waals surface area contributed by atoms with Crippen molar-refractivity contribution in [2.24, 2.45) is 5.73 Å². The predicted molar refractivity (Wildman–Crippen MR) is 77.7 cm³/mol. The first-order valence-electron chi connectivity index (χ1n) is 5.99. The third kappa shape index (κ3) is 5.58. The molecule has 0 saturated heterocycles. The molecule has 0 aliphatic rings. The minimum atomic E-state index is -0.125. The van der Waals surface area contributed by atoms with Crippen LogP contribution in [-0.4, -0.2) is 23.8 Å². The monoisotopic (exact) mass is 267 g/mol. The Bertz CT molecular complexity index is 399. The van der Waals surface area contributed by atoms with Crippen molar-refractivity contribution in [3.05, 3.63) is 35.4 Å². The number of ether oxygens (including phenoxy) is 2. The van der Waals surface area contributed by atoms with E-state index in [-0.39, 0.29) is 5.60 Å². The molecule has 1 aromatic rings. The first-order chi connectivity index (χ1) is 8.40. The van der Waals surface area contributed by atoms with Crippen molar-refractivity contribution in [2.45, 2.75) is 33.0 Å². The highest BCUT2D eigenvalue weighted by atomic mass is 32.1. The Labute approximate surface area is 114 Å². The molecule has 1 rings (SSSR count). The maximum Gasteiger partial charge on any atom is 0.104 e. The van der Waals surface area contributed by atoms with Crippen LogP contribution in [0.25, 0.3) is 0 Å².